The summed E-state index contributed by atoms with van der Waals surface area (Å²) in [7, 11) is 1.48. The summed E-state index contributed by atoms with van der Waals surface area (Å²) in [5.41, 5.74) is 1.93. The normalized spacial score (nSPS) is 14.6. The Morgan fingerprint density at radius 1 is 1.19 bits per heavy atom. The Kier molecular flexibility index (Phi) is 7.49. The van der Waals surface area contributed by atoms with Gasteiger partial charge in [0, 0.05) is 12.6 Å². The molecule has 2 aromatic rings. The Morgan fingerprint density at radius 3 is 2.53 bits per heavy atom. The van der Waals surface area contributed by atoms with E-state index in [-0.39, 0.29) is 24.8 Å². The van der Waals surface area contributed by atoms with Crippen LogP contribution in [-0.4, -0.2) is 40.9 Å². The summed E-state index contributed by atoms with van der Waals surface area (Å²) >= 11 is 6.58. The number of nitrogens with zero attached hydrogens (tertiary/aromatic N) is 1. The van der Waals surface area contributed by atoms with Crippen LogP contribution >= 0.6 is 24.0 Å². The third-order valence-electron chi connectivity index (χ3n) is 4.30. The fourth-order valence-corrected chi connectivity index (χ4v) is 4.18. The number of methoxy groups -OCH3 is 1. The minimum Gasteiger partial charge on any atom is -0.493 e. The molecule has 0 spiro atoms. The number of ether oxygens (including phenoxy) is 2. The number of benzene rings is 2. The summed E-state index contributed by atoms with van der Waals surface area (Å²) in [5.74, 6) is -0.550. The van der Waals surface area contributed by atoms with Crippen LogP contribution in [0.15, 0.2) is 47.4 Å². The van der Waals surface area contributed by atoms with Gasteiger partial charge in [0.1, 0.15) is 0 Å². The molecule has 2 N–H and O–H groups in total. The molecule has 0 aliphatic carbocycles. The first-order valence-corrected chi connectivity index (χ1v) is 10.7. The van der Waals surface area contributed by atoms with Crippen molar-refractivity contribution in [2.45, 2.75) is 13.3 Å². The van der Waals surface area contributed by atoms with Crippen LogP contribution in [0.2, 0.25) is 0 Å². The first-order valence-electron chi connectivity index (χ1n) is 9.46. The van der Waals surface area contributed by atoms with Crippen molar-refractivity contribution < 1.29 is 29.0 Å². The van der Waals surface area contributed by atoms with Gasteiger partial charge in [-0.05, 0) is 48.0 Å². The van der Waals surface area contributed by atoms with Gasteiger partial charge in [-0.25, -0.2) is 0 Å². The molecule has 0 unspecified atom stereocenters. The molecule has 8 nitrogen and oxygen atoms in total. The van der Waals surface area contributed by atoms with Crippen LogP contribution < -0.4 is 19.7 Å². The SMILES string of the molecule is COc1cc(/C=C2/SC(=S)N(c3ccc(NC(C)=O)cc3)C2=O)ccc1OCCC(=O)O. The Labute approximate surface area is 194 Å². The lowest BCUT2D eigenvalue weighted by Crippen LogP contribution is -2.27. The molecule has 0 aromatic heterocycles. The van der Waals surface area contributed by atoms with Crippen molar-refractivity contribution in [1.29, 1.82) is 0 Å². The number of nitrogens with one attached hydrogen (secondary N) is 1. The second-order valence-electron chi connectivity index (χ2n) is 6.65. The first kappa shape index (κ1) is 23.3. The molecule has 1 saturated heterocycles. The molecule has 3 rings (SSSR count). The average molecular weight is 473 g/mol. The number of thioether (sulfide) groups is 1. The van der Waals surface area contributed by atoms with E-state index >= 15 is 0 Å². The van der Waals surface area contributed by atoms with Gasteiger partial charge >= 0.3 is 5.97 Å². The maximum Gasteiger partial charge on any atom is 0.306 e. The lowest BCUT2D eigenvalue weighted by atomic mass is 10.1. The summed E-state index contributed by atoms with van der Waals surface area (Å²) in [6.45, 7) is 1.44. The summed E-state index contributed by atoms with van der Waals surface area (Å²) in [4.78, 5) is 36.7. The highest BCUT2D eigenvalue weighted by atomic mass is 32.2. The van der Waals surface area contributed by atoms with E-state index in [4.69, 9.17) is 26.8 Å². The van der Waals surface area contributed by atoms with Crippen molar-refractivity contribution in [2.24, 2.45) is 0 Å². The molecule has 1 aliphatic rings. The third-order valence-corrected chi connectivity index (χ3v) is 5.60. The van der Waals surface area contributed by atoms with E-state index in [2.05, 4.69) is 5.32 Å². The van der Waals surface area contributed by atoms with Gasteiger partial charge in [0.05, 0.1) is 30.7 Å². The lowest BCUT2D eigenvalue weighted by Gasteiger charge is -2.15. The van der Waals surface area contributed by atoms with Gasteiger partial charge in [-0.1, -0.05) is 30.0 Å². The standard InChI is InChI=1S/C22H20N2O6S2/c1-13(25)23-15-4-6-16(7-5-15)24-21(28)19(32-22(24)31)12-14-3-8-17(18(11-14)29-2)30-10-9-20(26)27/h3-8,11-12H,9-10H2,1-2H3,(H,23,25)(H,26,27)/b19-12+. The van der Waals surface area contributed by atoms with E-state index in [9.17, 15) is 14.4 Å². The Balaban J connectivity index is 1.78. The van der Waals surface area contributed by atoms with E-state index in [1.807, 2.05) is 0 Å². The molecule has 1 fully saturated rings. The van der Waals surface area contributed by atoms with E-state index in [0.29, 0.717) is 37.7 Å². The first-order chi connectivity index (χ1) is 15.3. The van der Waals surface area contributed by atoms with Crippen molar-refractivity contribution in [1.82, 2.24) is 0 Å². The van der Waals surface area contributed by atoms with Gasteiger partial charge in [0.25, 0.3) is 5.91 Å². The highest BCUT2D eigenvalue weighted by molar-refractivity contribution is 8.27. The largest absolute Gasteiger partial charge is 0.493 e. The third kappa shape index (κ3) is 5.65. The predicted molar refractivity (Wildman–Crippen MR) is 127 cm³/mol. The Hall–Kier alpha value is -3.37. The smallest absolute Gasteiger partial charge is 0.306 e. The minimum atomic E-state index is -0.952. The molecule has 32 heavy (non-hydrogen) atoms. The fourth-order valence-electron chi connectivity index (χ4n) is 2.88. The van der Waals surface area contributed by atoms with E-state index < -0.39 is 5.97 Å². The molecule has 166 valence electrons. The number of thiocarbonyl (C=S) groups is 1. The van der Waals surface area contributed by atoms with Gasteiger partial charge in [-0.15, -0.1) is 0 Å². The van der Waals surface area contributed by atoms with E-state index in [1.165, 1.54) is 30.7 Å². The van der Waals surface area contributed by atoms with Gasteiger partial charge in [-0.3, -0.25) is 19.3 Å². The van der Waals surface area contributed by atoms with E-state index in [1.54, 1.807) is 48.5 Å². The van der Waals surface area contributed by atoms with Crippen LogP contribution in [0.3, 0.4) is 0 Å². The number of carbonyl (C=O) groups excluding carboxylic acids is 2. The fraction of sp³-hybridized carbons (Fsp3) is 0.182. The highest BCUT2D eigenvalue weighted by Gasteiger charge is 2.33. The topological polar surface area (TPSA) is 105 Å². The molecule has 1 aliphatic heterocycles. The molecule has 10 heteroatoms. The molecular weight excluding hydrogens is 452 g/mol. The summed E-state index contributed by atoms with van der Waals surface area (Å²) < 4.78 is 11.2. The van der Waals surface area contributed by atoms with Crippen molar-refractivity contribution in [3.63, 3.8) is 0 Å². The molecular formula is C22H20N2O6S2. The van der Waals surface area contributed by atoms with Crippen LogP contribution in [0.1, 0.15) is 18.9 Å². The maximum atomic E-state index is 13.0. The van der Waals surface area contributed by atoms with Crippen molar-refractivity contribution in [2.75, 3.05) is 23.9 Å². The zero-order valence-corrected chi connectivity index (χ0v) is 18.9. The number of carboxylic acids is 1. The number of carbonyl (C=O) groups is 3. The van der Waals surface area contributed by atoms with Crippen LogP contribution in [0.25, 0.3) is 6.08 Å². The lowest BCUT2D eigenvalue weighted by molar-refractivity contribution is -0.137. The number of hydrogen-bond donors (Lipinski definition) is 2. The molecule has 0 radical (unpaired) electrons. The summed E-state index contributed by atoms with van der Waals surface area (Å²) in [6, 6.07) is 11.9. The van der Waals surface area contributed by atoms with Gasteiger partial charge in [0.15, 0.2) is 15.8 Å². The number of rotatable bonds is 8. The number of carboxylic acid groups (broad SMARTS) is 1. The summed E-state index contributed by atoms with van der Waals surface area (Å²) in [6.07, 6.45) is 1.58. The zero-order valence-electron chi connectivity index (χ0n) is 17.3. The molecule has 2 aromatic carbocycles. The van der Waals surface area contributed by atoms with Crippen LogP contribution in [-0.2, 0) is 14.4 Å². The van der Waals surface area contributed by atoms with Crippen molar-refractivity contribution in [3.8, 4) is 11.5 Å². The Bertz CT molecular complexity index is 1100. The zero-order chi connectivity index (χ0) is 23.3. The van der Waals surface area contributed by atoms with Gasteiger partial charge in [-0.2, -0.15) is 0 Å². The molecule has 0 saturated carbocycles. The minimum absolute atomic E-state index is 0.0183. The van der Waals surface area contributed by atoms with Crippen molar-refractivity contribution in [3.05, 3.63) is 52.9 Å². The van der Waals surface area contributed by atoms with Crippen LogP contribution in [0, 0.1) is 0 Å². The molecule has 0 atom stereocenters. The average Bonchev–Trinajstić information content (AvgIpc) is 3.02. The van der Waals surface area contributed by atoms with E-state index in [0.717, 1.165) is 0 Å². The monoisotopic (exact) mass is 472 g/mol. The van der Waals surface area contributed by atoms with Crippen LogP contribution in [0.4, 0.5) is 11.4 Å². The quantitative estimate of drug-likeness (QED) is 0.440. The number of amides is 2. The number of anilines is 2. The number of hydrogen-bond acceptors (Lipinski definition) is 7. The Morgan fingerprint density at radius 2 is 1.91 bits per heavy atom. The second-order valence-corrected chi connectivity index (χ2v) is 8.32. The van der Waals surface area contributed by atoms with Crippen molar-refractivity contribution >= 4 is 63.5 Å². The van der Waals surface area contributed by atoms with Crippen LogP contribution in [0.5, 0.6) is 11.5 Å². The molecule has 0 bridgehead atoms. The molecule has 2 amide bonds. The highest BCUT2D eigenvalue weighted by Crippen LogP contribution is 2.37. The van der Waals surface area contributed by atoms with Gasteiger partial charge in [0.2, 0.25) is 5.91 Å². The summed E-state index contributed by atoms with van der Waals surface area (Å²) in [5, 5.41) is 11.4. The maximum absolute atomic E-state index is 13.0. The second kappa shape index (κ2) is 10.3. The van der Waals surface area contributed by atoms with Gasteiger partial charge < -0.3 is 19.9 Å². The molecule has 1 heterocycles. The number of aliphatic carboxylic acids is 1. The predicted octanol–water partition coefficient (Wildman–Crippen LogP) is 3.91.